The van der Waals surface area contributed by atoms with Crippen LogP contribution in [0, 0.1) is 16.7 Å². The molecule has 0 aromatic heterocycles. The van der Waals surface area contributed by atoms with Crippen LogP contribution in [0.15, 0.2) is 41.3 Å². The lowest BCUT2D eigenvalue weighted by Gasteiger charge is -2.29. The number of rotatable bonds is 6. The summed E-state index contributed by atoms with van der Waals surface area (Å²) in [5, 5.41) is 9.75. The Morgan fingerprint density at radius 2 is 1.54 bits per heavy atom. The minimum Gasteiger partial charge on any atom is -0.395 e. The molecule has 2 atom stereocenters. The summed E-state index contributed by atoms with van der Waals surface area (Å²) in [5.41, 5.74) is -6.19. The molecule has 2 aliphatic carbocycles. The van der Waals surface area contributed by atoms with Gasteiger partial charge < -0.3 is 19.7 Å². The van der Waals surface area contributed by atoms with Gasteiger partial charge in [-0.05, 0) is 67.5 Å². The Kier molecular flexibility index (Phi) is 6.87. The normalized spacial score (nSPS) is 23.8. The number of sulfone groups is 1. The minimum atomic E-state index is -5.30. The van der Waals surface area contributed by atoms with E-state index in [-0.39, 0.29) is 29.7 Å². The van der Waals surface area contributed by atoms with E-state index in [1.165, 1.54) is 0 Å². The number of carbonyl (C=O) groups excluding carboxylic acids is 2. The van der Waals surface area contributed by atoms with Gasteiger partial charge in [0.25, 0.3) is 0 Å². The first-order chi connectivity index (χ1) is 21.2. The molecule has 46 heavy (non-hydrogen) atoms. The summed E-state index contributed by atoms with van der Waals surface area (Å²) in [6.45, 7) is -1.01. The maximum Gasteiger partial charge on any atom is 0.586 e. The molecule has 1 N–H and O–H groups in total. The highest BCUT2D eigenvalue weighted by Gasteiger charge is 2.70. The fraction of sp³-hybridized carbons (Fsp3) is 0.464. The molecule has 2 amide bonds. The SMILES string of the molecule is N#CC1(NC(=O)[C@@H]2CC(S(=O)(=O)c3ccc(-c4ccc5c(c4)OC(F)(F)O5)cc3C(F)(F)F)CN2C(=O)C2(C(F)(F)F)CC2)CC1. The smallest absolute Gasteiger partial charge is 0.395 e. The number of nitriles is 1. The quantitative estimate of drug-likeness (QED) is 0.429. The van der Waals surface area contributed by atoms with Gasteiger partial charge in [0, 0.05) is 6.54 Å². The number of halogens is 8. The zero-order valence-corrected chi connectivity index (χ0v) is 24.0. The summed E-state index contributed by atoms with van der Waals surface area (Å²) in [4.78, 5) is 25.5. The Hall–Kier alpha value is -4.14. The van der Waals surface area contributed by atoms with Crippen LogP contribution in [0.2, 0.25) is 0 Å². The Labute approximate surface area is 255 Å². The van der Waals surface area contributed by atoms with Crippen molar-refractivity contribution < 1.29 is 62.6 Å². The standard InChI is InChI=1S/C28H21F8N3O6S/c29-26(30,31)17-9-14(15-1-3-19-20(10-15)45-28(35,36)44-19)2-4-21(17)46(42,43)16-11-18(22(40)38-24(13-37)5-6-24)39(12-16)23(41)25(7-8-25)27(32,33)34/h1-4,9-10,16,18H,5-8,11-12H2,(H,38,40)/t16?,18-/m0/s1. The topological polar surface area (TPSA) is 126 Å². The van der Waals surface area contributed by atoms with Gasteiger partial charge in [-0.25, -0.2) is 8.42 Å². The van der Waals surface area contributed by atoms with Gasteiger partial charge in [0.15, 0.2) is 21.3 Å². The van der Waals surface area contributed by atoms with Gasteiger partial charge in [0.05, 0.1) is 21.8 Å². The molecule has 0 radical (unpaired) electrons. The van der Waals surface area contributed by atoms with Crippen molar-refractivity contribution in [2.24, 2.45) is 5.41 Å². The van der Waals surface area contributed by atoms with Crippen molar-refractivity contribution >= 4 is 21.7 Å². The average molecular weight is 680 g/mol. The van der Waals surface area contributed by atoms with Crippen molar-refractivity contribution in [2.45, 2.75) is 72.5 Å². The van der Waals surface area contributed by atoms with Crippen LogP contribution in [0.3, 0.4) is 0 Å². The number of nitrogens with zero attached hydrogens (tertiary/aromatic N) is 2. The summed E-state index contributed by atoms with van der Waals surface area (Å²) in [5.74, 6) is -3.53. The summed E-state index contributed by atoms with van der Waals surface area (Å²) in [6, 6.07) is 5.18. The number of nitrogens with one attached hydrogen (secondary N) is 1. The molecule has 2 heterocycles. The Morgan fingerprint density at radius 1 is 0.935 bits per heavy atom. The molecule has 3 fully saturated rings. The lowest BCUT2D eigenvalue weighted by molar-refractivity contribution is -0.286. The van der Waals surface area contributed by atoms with Crippen LogP contribution in [0.4, 0.5) is 35.1 Å². The first kappa shape index (κ1) is 31.8. The molecule has 1 saturated heterocycles. The fourth-order valence-electron chi connectivity index (χ4n) is 5.71. The predicted octanol–water partition coefficient (Wildman–Crippen LogP) is 4.95. The summed E-state index contributed by atoms with van der Waals surface area (Å²) in [7, 11) is -5.09. The van der Waals surface area contributed by atoms with Crippen molar-refractivity contribution in [3.63, 3.8) is 0 Å². The van der Waals surface area contributed by atoms with Gasteiger partial charge >= 0.3 is 18.6 Å². The average Bonchev–Trinajstić information content (AvgIpc) is 3.86. The third-order valence-electron chi connectivity index (χ3n) is 8.62. The Bertz CT molecular complexity index is 1800. The first-order valence-electron chi connectivity index (χ1n) is 13.7. The van der Waals surface area contributed by atoms with Crippen LogP contribution in [0.5, 0.6) is 11.5 Å². The highest BCUT2D eigenvalue weighted by molar-refractivity contribution is 7.92. The van der Waals surface area contributed by atoms with Crippen molar-refractivity contribution in [3.05, 3.63) is 42.0 Å². The number of hydrogen-bond donors (Lipinski definition) is 1. The van der Waals surface area contributed by atoms with E-state index in [0.717, 1.165) is 24.3 Å². The number of likely N-dealkylation sites (tertiary alicyclic amines) is 1. The zero-order valence-electron chi connectivity index (χ0n) is 23.1. The second kappa shape index (κ2) is 9.93. The highest BCUT2D eigenvalue weighted by atomic mass is 32.2. The molecule has 0 bridgehead atoms. The third kappa shape index (κ3) is 5.27. The minimum absolute atomic E-state index is 0.0720. The van der Waals surface area contributed by atoms with E-state index in [1.54, 1.807) is 0 Å². The van der Waals surface area contributed by atoms with E-state index in [1.807, 2.05) is 6.07 Å². The molecule has 6 rings (SSSR count). The van der Waals surface area contributed by atoms with Gasteiger partial charge in [-0.1, -0.05) is 12.1 Å². The van der Waals surface area contributed by atoms with E-state index in [0.29, 0.717) is 17.0 Å². The Balaban J connectivity index is 1.35. The lowest BCUT2D eigenvalue weighted by atomic mass is 10.0. The van der Waals surface area contributed by atoms with Gasteiger partial charge in [-0.2, -0.15) is 31.6 Å². The van der Waals surface area contributed by atoms with Crippen LogP contribution in [-0.2, 0) is 25.6 Å². The van der Waals surface area contributed by atoms with Crippen LogP contribution >= 0.6 is 0 Å². The van der Waals surface area contributed by atoms with Crippen LogP contribution in [-0.4, -0.2) is 61.0 Å². The lowest BCUT2D eigenvalue weighted by Crippen LogP contribution is -2.53. The molecule has 9 nitrogen and oxygen atoms in total. The number of alkyl halides is 8. The number of hydrogen-bond acceptors (Lipinski definition) is 7. The first-order valence-corrected chi connectivity index (χ1v) is 15.2. The molecule has 246 valence electrons. The summed E-state index contributed by atoms with van der Waals surface area (Å²) >= 11 is 0. The molecule has 2 saturated carbocycles. The molecule has 4 aliphatic rings. The molecule has 2 aromatic carbocycles. The summed E-state index contributed by atoms with van der Waals surface area (Å²) < 4.78 is 147. The molecule has 0 spiro atoms. The van der Waals surface area contributed by atoms with Gasteiger partial charge in [-0.15, -0.1) is 8.78 Å². The predicted molar refractivity (Wildman–Crippen MR) is 138 cm³/mol. The molecule has 2 aliphatic heterocycles. The van der Waals surface area contributed by atoms with E-state index in [9.17, 15) is 58.4 Å². The molecule has 2 aromatic rings. The largest absolute Gasteiger partial charge is 0.586 e. The van der Waals surface area contributed by atoms with Crippen molar-refractivity contribution in [1.29, 1.82) is 5.26 Å². The maximum absolute atomic E-state index is 14.3. The van der Waals surface area contributed by atoms with Gasteiger partial charge in [-0.3, -0.25) is 9.59 Å². The monoisotopic (exact) mass is 679 g/mol. The fourth-order valence-corrected chi connectivity index (χ4v) is 7.60. The second-order valence-corrected chi connectivity index (χ2v) is 13.9. The maximum atomic E-state index is 14.3. The number of benzene rings is 2. The van der Waals surface area contributed by atoms with E-state index in [4.69, 9.17) is 0 Å². The zero-order chi connectivity index (χ0) is 33.7. The van der Waals surface area contributed by atoms with E-state index < -0.39 is 105 Å². The third-order valence-corrected chi connectivity index (χ3v) is 10.8. The van der Waals surface area contributed by atoms with Gasteiger partial charge in [0.1, 0.15) is 17.0 Å². The van der Waals surface area contributed by atoms with Crippen molar-refractivity contribution in [3.8, 4) is 28.7 Å². The number of amides is 2. The highest BCUT2D eigenvalue weighted by Crippen LogP contribution is 2.59. The summed E-state index contributed by atoms with van der Waals surface area (Å²) in [6.07, 6.45) is -16.0. The molecule has 18 heteroatoms. The second-order valence-electron chi connectivity index (χ2n) is 11.7. The van der Waals surface area contributed by atoms with E-state index in [2.05, 4.69) is 14.8 Å². The van der Waals surface area contributed by atoms with Gasteiger partial charge in [0.2, 0.25) is 11.8 Å². The Morgan fingerprint density at radius 3 is 2.11 bits per heavy atom. The molecular weight excluding hydrogens is 658 g/mol. The number of carbonyl (C=O) groups is 2. The van der Waals surface area contributed by atoms with Crippen molar-refractivity contribution in [1.82, 2.24) is 10.2 Å². The van der Waals surface area contributed by atoms with Crippen LogP contribution in [0.25, 0.3) is 11.1 Å². The van der Waals surface area contributed by atoms with E-state index >= 15 is 0 Å². The number of fused-ring (bicyclic) bond motifs is 1. The van der Waals surface area contributed by atoms with Crippen LogP contribution in [0.1, 0.15) is 37.7 Å². The number of ether oxygens (including phenoxy) is 2. The van der Waals surface area contributed by atoms with Crippen molar-refractivity contribution in [2.75, 3.05) is 6.54 Å². The molecular formula is C28H21F8N3O6S. The van der Waals surface area contributed by atoms with Crippen LogP contribution < -0.4 is 14.8 Å². The molecule has 1 unspecified atom stereocenters.